The summed E-state index contributed by atoms with van der Waals surface area (Å²) in [6, 6.07) is 2.25. The molecule has 0 radical (unpaired) electrons. The molecule has 1 aromatic heterocycles. The Kier molecular flexibility index (Phi) is 4.28. The highest BCUT2D eigenvalue weighted by Gasteiger charge is 2.58. The summed E-state index contributed by atoms with van der Waals surface area (Å²) in [5.74, 6) is -1.28. The minimum Gasteiger partial charge on any atom is -0.420 e. The lowest BCUT2D eigenvalue weighted by Crippen LogP contribution is -2.43. The van der Waals surface area contributed by atoms with Crippen LogP contribution in [0.15, 0.2) is 22.6 Å². The van der Waals surface area contributed by atoms with Gasteiger partial charge in [-0.25, -0.2) is 9.53 Å². The van der Waals surface area contributed by atoms with Crippen LogP contribution in [-0.4, -0.2) is 36.0 Å². The topological polar surface area (TPSA) is 102 Å². The fourth-order valence-electron chi connectivity index (χ4n) is 3.86. The van der Waals surface area contributed by atoms with E-state index in [0.717, 1.165) is 12.1 Å². The molecule has 2 heterocycles. The highest BCUT2D eigenvalue weighted by molar-refractivity contribution is 7.86. The van der Waals surface area contributed by atoms with Crippen molar-refractivity contribution in [2.75, 3.05) is 13.1 Å². The van der Waals surface area contributed by atoms with Gasteiger partial charge in [0.25, 0.3) is 10.2 Å². The van der Waals surface area contributed by atoms with E-state index in [1.54, 1.807) is 0 Å². The number of halogens is 4. The summed E-state index contributed by atoms with van der Waals surface area (Å²) in [6.07, 6.45) is -2.98. The predicted molar refractivity (Wildman–Crippen MR) is 88.4 cm³/mol. The van der Waals surface area contributed by atoms with Crippen LogP contribution >= 0.6 is 0 Å². The molecule has 7 nitrogen and oxygen atoms in total. The van der Waals surface area contributed by atoms with Gasteiger partial charge in [-0.2, -0.15) is 25.9 Å². The molecule has 1 saturated heterocycles. The zero-order valence-corrected chi connectivity index (χ0v) is 15.2. The normalized spacial score (nSPS) is 22.5. The molecule has 2 N–H and O–H groups in total. The van der Waals surface area contributed by atoms with E-state index in [9.17, 15) is 26.0 Å². The average molecular weight is 420 g/mol. The second-order valence-corrected chi connectivity index (χ2v) is 8.74. The van der Waals surface area contributed by atoms with Crippen LogP contribution in [-0.2, 0) is 16.4 Å². The first-order chi connectivity index (χ1) is 13.0. The van der Waals surface area contributed by atoms with Crippen LogP contribution in [0.25, 0.3) is 11.5 Å². The molecule has 2 aromatic rings. The van der Waals surface area contributed by atoms with Gasteiger partial charge in [0.05, 0.1) is 11.1 Å². The van der Waals surface area contributed by atoms with Gasteiger partial charge in [0, 0.05) is 19.0 Å². The second kappa shape index (κ2) is 6.22. The molecule has 1 aliphatic carbocycles. The summed E-state index contributed by atoms with van der Waals surface area (Å²) in [4.78, 5) is 0. The highest BCUT2D eigenvalue weighted by atomic mass is 32.2. The third kappa shape index (κ3) is 3.40. The molecule has 0 amide bonds. The molecule has 1 spiro atoms. The summed E-state index contributed by atoms with van der Waals surface area (Å²) < 4.78 is 82.3. The van der Waals surface area contributed by atoms with Crippen molar-refractivity contribution in [3.05, 3.63) is 35.5 Å². The van der Waals surface area contributed by atoms with E-state index in [0.29, 0.717) is 25.3 Å². The first-order valence-electron chi connectivity index (χ1n) is 8.48. The molecular weight excluding hydrogens is 404 g/mol. The van der Waals surface area contributed by atoms with Gasteiger partial charge in [-0.3, -0.25) is 0 Å². The Morgan fingerprint density at radius 2 is 1.89 bits per heavy atom. The summed E-state index contributed by atoms with van der Waals surface area (Å²) >= 11 is 0. The van der Waals surface area contributed by atoms with E-state index in [1.807, 2.05) is 0 Å². The average Bonchev–Trinajstić information content (AvgIpc) is 3.07. The van der Waals surface area contributed by atoms with Gasteiger partial charge in [0.15, 0.2) is 0 Å². The summed E-state index contributed by atoms with van der Waals surface area (Å²) in [5, 5.41) is 12.7. The number of alkyl halides is 3. The Hall–Kier alpha value is -2.05. The van der Waals surface area contributed by atoms with E-state index >= 15 is 0 Å². The van der Waals surface area contributed by atoms with Crippen LogP contribution in [0.5, 0.6) is 0 Å². The molecule has 1 saturated carbocycles. The molecular formula is C16H16F4N4O3S. The second-order valence-electron chi connectivity index (χ2n) is 7.20. The van der Waals surface area contributed by atoms with Gasteiger partial charge >= 0.3 is 6.18 Å². The van der Waals surface area contributed by atoms with E-state index in [1.165, 1.54) is 4.31 Å². The van der Waals surface area contributed by atoms with Gasteiger partial charge < -0.3 is 4.42 Å². The van der Waals surface area contributed by atoms with Gasteiger partial charge in [0.1, 0.15) is 5.82 Å². The van der Waals surface area contributed by atoms with Crippen molar-refractivity contribution in [3.8, 4) is 11.5 Å². The van der Waals surface area contributed by atoms with Gasteiger partial charge in [-0.15, -0.1) is 10.2 Å². The summed E-state index contributed by atoms with van der Waals surface area (Å²) in [7, 11) is -3.74. The number of hydrogen-bond donors (Lipinski definition) is 1. The summed E-state index contributed by atoms with van der Waals surface area (Å²) in [5.41, 5.74) is -1.78. The molecule has 4 rings (SSSR count). The number of benzene rings is 1. The predicted octanol–water partition coefficient (Wildman–Crippen LogP) is 2.67. The number of aromatic nitrogens is 2. The Bertz CT molecular complexity index is 1010. The molecule has 12 heteroatoms. The standard InChI is InChI=1S/C16H16F4N4O3S/c17-9-1-2-10(11(7-9)16(18,19)20)13-22-23-14(27-13)12-8-15(12)3-5-24(6-4-15)28(21,25)26/h1-2,7,12H,3-6,8H2,(H2,21,25,26)/t12-/m0/s1. The van der Waals surface area contributed by atoms with E-state index < -0.39 is 27.8 Å². The van der Waals surface area contributed by atoms with Gasteiger partial charge in [0.2, 0.25) is 11.8 Å². The zero-order valence-electron chi connectivity index (χ0n) is 14.4. The van der Waals surface area contributed by atoms with Crippen LogP contribution in [0, 0.1) is 11.2 Å². The Morgan fingerprint density at radius 1 is 1.21 bits per heavy atom. The quantitative estimate of drug-likeness (QED) is 0.770. The molecule has 2 aliphatic rings. The SMILES string of the molecule is NS(=O)(=O)N1CCC2(CC1)C[C@H]2c1nnc(-c2ccc(F)cc2C(F)(F)F)o1. The molecule has 2 fully saturated rings. The lowest BCUT2D eigenvalue weighted by Gasteiger charge is -2.30. The minimum atomic E-state index is -4.77. The monoisotopic (exact) mass is 420 g/mol. The molecule has 1 aliphatic heterocycles. The van der Waals surface area contributed by atoms with Crippen molar-refractivity contribution < 1.29 is 30.4 Å². The Labute approximate surface area is 157 Å². The third-order valence-corrected chi connectivity index (χ3v) is 6.61. The van der Waals surface area contributed by atoms with Gasteiger partial charge in [-0.1, -0.05) is 0 Å². The lowest BCUT2D eigenvalue weighted by atomic mass is 9.92. The van der Waals surface area contributed by atoms with Crippen molar-refractivity contribution in [3.63, 3.8) is 0 Å². The van der Waals surface area contributed by atoms with E-state index in [2.05, 4.69) is 10.2 Å². The first-order valence-corrected chi connectivity index (χ1v) is 9.98. The van der Waals surface area contributed by atoms with E-state index in [-0.39, 0.29) is 41.8 Å². The highest BCUT2D eigenvalue weighted by Crippen LogP contribution is 2.64. The summed E-state index contributed by atoms with van der Waals surface area (Å²) in [6.45, 7) is 0.541. The number of nitrogens with two attached hydrogens (primary N) is 1. The number of piperidine rings is 1. The van der Waals surface area contributed by atoms with Crippen molar-refractivity contribution in [1.29, 1.82) is 0 Å². The number of nitrogens with zero attached hydrogens (tertiary/aromatic N) is 3. The minimum absolute atomic E-state index is 0.147. The van der Waals surface area contributed by atoms with Crippen molar-refractivity contribution in [2.45, 2.75) is 31.4 Å². The third-order valence-electron chi connectivity index (χ3n) is 5.52. The molecule has 0 bridgehead atoms. The maximum absolute atomic E-state index is 13.3. The van der Waals surface area contributed by atoms with Crippen LogP contribution in [0.4, 0.5) is 17.6 Å². The fourth-order valence-corrected chi connectivity index (χ4v) is 4.55. The molecule has 152 valence electrons. The Morgan fingerprint density at radius 3 is 2.50 bits per heavy atom. The van der Waals surface area contributed by atoms with Crippen LogP contribution in [0.2, 0.25) is 0 Å². The molecule has 1 aromatic carbocycles. The van der Waals surface area contributed by atoms with E-state index in [4.69, 9.17) is 9.56 Å². The maximum Gasteiger partial charge on any atom is 0.417 e. The van der Waals surface area contributed by atoms with Crippen molar-refractivity contribution in [2.24, 2.45) is 10.6 Å². The zero-order chi connectivity index (χ0) is 20.3. The number of hydrogen-bond acceptors (Lipinski definition) is 5. The lowest BCUT2D eigenvalue weighted by molar-refractivity contribution is -0.137. The maximum atomic E-state index is 13.3. The van der Waals surface area contributed by atoms with Crippen LogP contribution in [0.3, 0.4) is 0 Å². The largest absolute Gasteiger partial charge is 0.420 e. The molecule has 0 unspecified atom stereocenters. The molecule has 28 heavy (non-hydrogen) atoms. The molecule has 1 atom stereocenters. The smallest absolute Gasteiger partial charge is 0.417 e. The van der Waals surface area contributed by atoms with Gasteiger partial charge in [-0.05, 0) is 42.9 Å². The number of rotatable bonds is 3. The Balaban J connectivity index is 1.55. The van der Waals surface area contributed by atoms with Crippen molar-refractivity contribution >= 4 is 10.2 Å². The van der Waals surface area contributed by atoms with Crippen molar-refractivity contribution in [1.82, 2.24) is 14.5 Å². The fraction of sp³-hybridized carbons (Fsp3) is 0.500. The first kappa shape index (κ1) is 19.3. The van der Waals surface area contributed by atoms with Crippen LogP contribution < -0.4 is 5.14 Å². The van der Waals surface area contributed by atoms with Crippen LogP contribution in [0.1, 0.15) is 36.6 Å².